The molecular formula is C24H16Cl3N3O3. The number of amides is 3. The Kier molecular flexibility index (Phi) is 6.42. The number of anilines is 3. The first kappa shape index (κ1) is 22.9. The first-order valence-electron chi connectivity index (χ1n) is 9.74. The van der Waals surface area contributed by atoms with Gasteiger partial charge in [-0.05, 0) is 61.0 Å². The van der Waals surface area contributed by atoms with Crippen molar-refractivity contribution < 1.29 is 14.4 Å². The minimum Gasteiger partial charge on any atom is -0.350 e. The number of benzene rings is 3. The summed E-state index contributed by atoms with van der Waals surface area (Å²) in [5.41, 5.74) is 2.32. The highest BCUT2D eigenvalue weighted by Crippen LogP contribution is 2.34. The number of rotatable bonds is 5. The maximum atomic E-state index is 13.0. The van der Waals surface area contributed by atoms with Gasteiger partial charge in [0.05, 0.1) is 10.7 Å². The van der Waals surface area contributed by atoms with Crippen molar-refractivity contribution in [3.05, 3.63) is 98.6 Å². The highest BCUT2D eigenvalue weighted by atomic mass is 35.5. The van der Waals surface area contributed by atoms with E-state index in [4.69, 9.17) is 34.8 Å². The van der Waals surface area contributed by atoms with Crippen LogP contribution in [0.25, 0.3) is 0 Å². The first-order valence-corrected chi connectivity index (χ1v) is 10.9. The van der Waals surface area contributed by atoms with Crippen LogP contribution in [0, 0.1) is 6.92 Å². The Bertz CT molecular complexity index is 1340. The van der Waals surface area contributed by atoms with Crippen LogP contribution in [0.3, 0.4) is 0 Å². The predicted octanol–water partition coefficient (Wildman–Crippen LogP) is 5.99. The molecule has 0 saturated carbocycles. The number of aryl methyl sites for hydroxylation is 1. The average molecular weight is 501 g/mol. The zero-order chi connectivity index (χ0) is 23.7. The smallest absolute Gasteiger partial charge is 0.283 e. The van der Waals surface area contributed by atoms with Gasteiger partial charge < -0.3 is 10.6 Å². The van der Waals surface area contributed by atoms with Crippen LogP contribution >= 0.6 is 34.8 Å². The Morgan fingerprint density at radius 3 is 2.36 bits per heavy atom. The molecule has 2 N–H and O–H groups in total. The van der Waals surface area contributed by atoms with E-state index < -0.39 is 11.8 Å². The fraction of sp³-hybridized carbons (Fsp3) is 0.0417. The van der Waals surface area contributed by atoms with Gasteiger partial charge in [0.25, 0.3) is 17.7 Å². The van der Waals surface area contributed by atoms with Crippen LogP contribution in [-0.2, 0) is 9.59 Å². The summed E-state index contributed by atoms with van der Waals surface area (Å²) < 4.78 is 0. The summed E-state index contributed by atoms with van der Waals surface area (Å²) in [4.78, 5) is 39.3. The third-order valence-electron chi connectivity index (χ3n) is 4.95. The number of halogens is 3. The average Bonchev–Trinajstić information content (AvgIpc) is 2.99. The van der Waals surface area contributed by atoms with E-state index in [1.165, 1.54) is 0 Å². The molecule has 1 heterocycles. The van der Waals surface area contributed by atoms with Gasteiger partial charge in [0.1, 0.15) is 10.7 Å². The molecule has 166 valence electrons. The van der Waals surface area contributed by atoms with Crippen molar-refractivity contribution in [3.63, 3.8) is 0 Å². The molecule has 3 aromatic carbocycles. The predicted molar refractivity (Wildman–Crippen MR) is 131 cm³/mol. The molecule has 1 aliphatic heterocycles. The van der Waals surface area contributed by atoms with E-state index >= 15 is 0 Å². The highest BCUT2D eigenvalue weighted by molar-refractivity contribution is 6.53. The Hall–Kier alpha value is -3.32. The summed E-state index contributed by atoms with van der Waals surface area (Å²) >= 11 is 18.3. The molecule has 0 saturated heterocycles. The number of para-hydroxylation sites is 1. The number of carbonyl (C=O) groups is 3. The number of hydrogen-bond acceptors (Lipinski definition) is 4. The number of nitrogens with zero attached hydrogens (tertiary/aromatic N) is 1. The number of nitrogens with one attached hydrogen (secondary N) is 2. The van der Waals surface area contributed by atoms with E-state index in [-0.39, 0.29) is 27.3 Å². The molecule has 0 aromatic heterocycles. The number of imide groups is 1. The van der Waals surface area contributed by atoms with E-state index in [0.29, 0.717) is 22.0 Å². The Morgan fingerprint density at radius 1 is 0.879 bits per heavy atom. The standard InChI is InChI=1S/C24H16Cl3N3O3/c1-13-11-15(25)9-10-18(13)29-22(31)14-5-4-6-16(12-14)28-21-20(27)23(32)30(24(21)33)19-8-3-2-7-17(19)26/h2-12,28H,1H3,(H,29,31). The van der Waals surface area contributed by atoms with Gasteiger partial charge >= 0.3 is 0 Å². The van der Waals surface area contributed by atoms with Crippen molar-refractivity contribution in [3.8, 4) is 0 Å². The van der Waals surface area contributed by atoms with Gasteiger partial charge in [0, 0.05) is 22.0 Å². The molecule has 0 aliphatic carbocycles. The lowest BCUT2D eigenvalue weighted by molar-refractivity contribution is -0.120. The van der Waals surface area contributed by atoms with Crippen molar-refractivity contribution in [2.24, 2.45) is 0 Å². The van der Waals surface area contributed by atoms with Crippen LogP contribution < -0.4 is 15.5 Å². The van der Waals surface area contributed by atoms with Gasteiger partial charge in [-0.1, -0.05) is 53.0 Å². The normalized spacial score (nSPS) is 13.5. The largest absolute Gasteiger partial charge is 0.350 e. The number of hydrogen-bond donors (Lipinski definition) is 2. The summed E-state index contributed by atoms with van der Waals surface area (Å²) in [5.74, 6) is -1.69. The molecule has 33 heavy (non-hydrogen) atoms. The SMILES string of the molecule is Cc1cc(Cl)ccc1NC(=O)c1cccc(NC2=C(Cl)C(=O)N(c3ccccc3Cl)C2=O)c1. The van der Waals surface area contributed by atoms with Gasteiger partial charge in [-0.2, -0.15) is 0 Å². The van der Waals surface area contributed by atoms with Gasteiger partial charge in [-0.25, -0.2) is 4.90 Å². The van der Waals surface area contributed by atoms with Gasteiger partial charge in [0.15, 0.2) is 0 Å². The Morgan fingerprint density at radius 2 is 1.64 bits per heavy atom. The molecule has 3 aromatic rings. The van der Waals surface area contributed by atoms with E-state index in [1.807, 2.05) is 6.92 Å². The fourth-order valence-corrected chi connectivity index (χ4v) is 3.97. The summed E-state index contributed by atoms with van der Waals surface area (Å²) in [7, 11) is 0. The van der Waals surface area contributed by atoms with Crippen LogP contribution in [0.4, 0.5) is 17.1 Å². The topological polar surface area (TPSA) is 78.5 Å². The molecular weight excluding hydrogens is 485 g/mol. The summed E-state index contributed by atoms with van der Waals surface area (Å²) in [6.07, 6.45) is 0. The van der Waals surface area contributed by atoms with Crippen LogP contribution in [0.15, 0.2) is 77.5 Å². The van der Waals surface area contributed by atoms with Gasteiger partial charge in [0.2, 0.25) is 0 Å². The summed E-state index contributed by atoms with van der Waals surface area (Å²) in [6.45, 7) is 1.83. The lowest BCUT2D eigenvalue weighted by Crippen LogP contribution is -2.32. The van der Waals surface area contributed by atoms with Crippen LogP contribution in [0.5, 0.6) is 0 Å². The molecule has 9 heteroatoms. The molecule has 1 aliphatic rings. The van der Waals surface area contributed by atoms with Crippen molar-refractivity contribution in [1.82, 2.24) is 0 Å². The zero-order valence-electron chi connectivity index (χ0n) is 17.2. The molecule has 0 unspecified atom stereocenters. The van der Waals surface area contributed by atoms with E-state index in [0.717, 1.165) is 10.5 Å². The molecule has 0 spiro atoms. The highest BCUT2D eigenvalue weighted by Gasteiger charge is 2.39. The Labute approximate surface area is 204 Å². The first-order chi connectivity index (χ1) is 15.8. The molecule has 4 rings (SSSR count). The minimum absolute atomic E-state index is 0.104. The van der Waals surface area contributed by atoms with Crippen LogP contribution in [0.1, 0.15) is 15.9 Å². The zero-order valence-corrected chi connectivity index (χ0v) is 19.4. The van der Waals surface area contributed by atoms with Crippen molar-refractivity contribution in [2.45, 2.75) is 6.92 Å². The molecule has 0 radical (unpaired) electrons. The van der Waals surface area contributed by atoms with Gasteiger partial charge in [-0.3, -0.25) is 14.4 Å². The van der Waals surface area contributed by atoms with E-state index in [1.54, 1.807) is 66.7 Å². The second kappa shape index (κ2) is 9.27. The number of carbonyl (C=O) groups excluding carboxylic acids is 3. The third-order valence-corrected chi connectivity index (χ3v) is 5.86. The monoisotopic (exact) mass is 499 g/mol. The summed E-state index contributed by atoms with van der Waals surface area (Å²) in [5, 5.41) is 6.23. The van der Waals surface area contributed by atoms with E-state index in [9.17, 15) is 14.4 Å². The molecule has 0 fully saturated rings. The second-order valence-electron chi connectivity index (χ2n) is 7.21. The van der Waals surface area contributed by atoms with Crippen molar-refractivity contribution in [1.29, 1.82) is 0 Å². The lowest BCUT2D eigenvalue weighted by Gasteiger charge is -2.16. The van der Waals surface area contributed by atoms with E-state index in [2.05, 4.69) is 10.6 Å². The molecule has 0 bridgehead atoms. The maximum absolute atomic E-state index is 13.0. The third kappa shape index (κ3) is 4.59. The van der Waals surface area contributed by atoms with Crippen LogP contribution in [-0.4, -0.2) is 17.7 Å². The van der Waals surface area contributed by atoms with Gasteiger partial charge in [-0.15, -0.1) is 0 Å². The van der Waals surface area contributed by atoms with Crippen LogP contribution in [0.2, 0.25) is 10.0 Å². The summed E-state index contributed by atoms with van der Waals surface area (Å²) in [6, 6.07) is 18.1. The lowest BCUT2D eigenvalue weighted by atomic mass is 10.1. The maximum Gasteiger partial charge on any atom is 0.283 e. The molecule has 6 nitrogen and oxygen atoms in total. The second-order valence-corrected chi connectivity index (χ2v) is 8.43. The fourth-order valence-electron chi connectivity index (χ4n) is 3.31. The van der Waals surface area contributed by atoms with Crippen molar-refractivity contribution >= 4 is 69.6 Å². The van der Waals surface area contributed by atoms with Crippen molar-refractivity contribution in [2.75, 3.05) is 15.5 Å². The Balaban J connectivity index is 1.56. The minimum atomic E-state index is -0.690. The quantitative estimate of drug-likeness (QED) is 0.422. The molecule has 0 atom stereocenters. The molecule has 3 amide bonds.